The predicted molar refractivity (Wildman–Crippen MR) is 39.9 cm³/mol. The van der Waals surface area contributed by atoms with Crippen molar-refractivity contribution >= 4 is 6.09 Å². The molecular formula is C7H10N2O2. The Balaban J connectivity index is 3.62. The van der Waals surface area contributed by atoms with E-state index in [-0.39, 0.29) is 12.5 Å². The monoisotopic (exact) mass is 154 g/mol. The van der Waals surface area contributed by atoms with E-state index < -0.39 is 6.09 Å². The molecule has 0 saturated heterocycles. The second kappa shape index (κ2) is 5.30. The van der Waals surface area contributed by atoms with Gasteiger partial charge in [-0.1, -0.05) is 6.08 Å². The van der Waals surface area contributed by atoms with E-state index in [1.165, 1.54) is 0 Å². The molecule has 0 rings (SSSR count). The molecule has 4 nitrogen and oxygen atoms in total. The van der Waals surface area contributed by atoms with E-state index in [1.54, 1.807) is 6.08 Å². The van der Waals surface area contributed by atoms with E-state index in [1.807, 2.05) is 6.07 Å². The molecule has 0 aromatic heterocycles. The molecule has 0 spiro atoms. The van der Waals surface area contributed by atoms with Crippen LogP contribution in [0.1, 0.15) is 6.42 Å². The normalized spacial score (nSPS) is 11.2. The molecule has 0 aliphatic rings. The van der Waals surface area contributed by atoms with Crippen molar-refractivity contribution in [3.05, 3.63) is 12.7 Å². The summed E-state index contributed by atoms with van der Waals surface area (Å²) in [6.07, 6.45) is 1.00. The Morgan fingerprint density at radius 1 is 1.91 bits per heavy atom. The molecule has 0 aromatic rings. The van der Waals surface area contributed by atoms with Gasteiger partial charge in [0.1, 0.15) is 0 Å². The van der Waals surface area contributed by atoms with Crippen molar-refractivity contribution in [1.29, 1.82) is 5.26 Å². The Morgan fingerprint density at radius 3 is 2.91 bits per heavy atom. The number of nitrogens with one attached hydrogen (secondary N) is 1. The summed E-state index contributed by atoms with van der Waals surface area (Å²) in [5.41, 5.74) is 0. The molecule has 0 heterocycles. The number of nitrogens with zero attached hydrogens (tertiary/aromatic N) is 1. The third kappa shape index (κ3) is 4.97. The first kappa shape index (κ1) is 9.50. The zero-order chi connectivity index (χ0) is 8.69. The lowest BCUT2D eigenvalue weighted by Gasteiger charge is -2.04. The van der Waals surface area contributed by atoms with E-state index >= 15 is 0 Å². The third-order valence-corrected chi connectivity index (χ3v) is 1.13. The van der Waals surface area contributed by atoms with Crippen molar-refractivity contribution in [1.82, 2.24) is 5.32 Å². The van der Waals surface area contributed by atoms with Crippen LogP contribution >= 0.6 is 0 Å². The van der Waals surface area contributed by atoms with Crippen LogP contribution in [0.5, 0.6) is 0 Å². The van der Waals surface area contributed by atoms with Crippen molar-refractivity contribution in [2.24, 2.45) is 5.92 Å². The number of carbonyl (C=O) groups is 1. The van der Waals surface area contributed by atoms with Crippen LogP contribution in [0.3, 0.4) is 0 Å². The van der Waals surface area contributed by atoms with Crippen LogP contribution in [0.2, 0.25) is 0 Å². The van der Waals surface area contributed by atoms with Crippen molar-refractivity contribution in [2.45, 2.75) is 6.42 Å². The minimum Gasteiger partial charge on any atom is -0.465 e. The zero-order valence-corrected chi connectivity index (χ0v) is 6.08. The lowest BCUT2D eigenvalue weighted by molar-refractivity contribution is 0.193. The first-order valence-corrected chi connectivity index (χ1v) is 3.18. The number of carboxylic acid groups (broad SMARTS) is 1. The van der Waals surface area contributed by atoms with Gasteiger partial charge in [-0.25, -0.2) is 4.79 Å². The van der Waals surface area contributed by atoms with Crippen LogP contribution in [0.4, 0.5) is 4.79 Å². The third-order valence-electron chi connectivity index (χ3n) is 1.13. The van der Waals surface area contributed by atoms with E-state index in [4.69, 9.17) is 10.4 Å². The topological polar surface area (TPSA) is 73.1 Å². The quantitative estimate of drug-likeness (QED) is 0.592. The largest absolute Gasteiger partial charge is 0.465 e. The maximum Gasteiger partial charge on any atom is 0.404 e. The summed E-state index contributed by atoms with van der Waals surface area (Å²) < 4.78 is 0. The Bertz CT molecular complexity index is 183. The summed E-state index contributed by atoms with van der Waals surface area (Å²) in [5, 5.41) is 18.7. The molecule has 1 atom stereocenters. The maximum atomic E-state index is 9.98. The number of allylic oxidation sites excluding steroid dienone is 1. The molecule has 0 bridgehead atoms. The lowest BCUT2D eigenvalue weighted by Crippen LogP contribution is -2.26. The maximum absolute atomic E-state index is 9.98. The highest BCUT2D eigenvalue weighted by Gasteiger charge is 2.05. The molecule has 0 radical (unpaired) electrons. The van der Waals surface area contributed by atoms with Gasteiger partial charge in [0.25, 0.3) is 0 Å². The van der Waals surface area contributed by atoms with E-state index in [0.29, 0.717) is 6.42 Å². The highest BCUT2D eigenvalue weighted by molar-refractivity contribution is 5.64. The molecule has 0 saturated carbocycles. The molecule has 2 N–H and O–H groups in total. The lowest BCUT2D eigenvalue weighted by atomic mass is 10.1. The summed E-state index contributed by atoms with van der Waals surface area (Å²) in [6, 6.07) is 1.96. The average Bonchev–Trinajstić information content (AvgIpc) is 1.97. The van der Waals surface area contributed by atoms with E-state index in [9.17, 15) is 4.79 Å². The number of amides is 1. The van der Waals surface area contributed by atoms with E-state index in [2.05, 4.69) is 11.9 Å². The van der Waals surface area contributed by atoms with Gasteiger partial charge < -0.3 is 10.4 Å². The number of rotatable bonds is 4. The molecule has 60 valence electrons. The van der Waals surface area contributed by atoms with Crippen molar-refractivity contribution in [3.63, 3.8) is 0 Å². The summed E-state index contributed by atoms with van der Waals surface area (Å²) in [4.78, 5) is 9.98. The van der Waals surface area contributed by atoms with Crippen molar-refractivity contribution in [3.8, 4) is 6.07 Å². The highest BCUT2D eigenvalue weighted by atomic mass is 16.4. The van der Waals surface area contributed by atoms with Crippen LogP contribution in [0, 0.1) is 17.2 Å². The molecule has 0 fully saturated rings. The van der Waals surface area contributed by atoms with Gasteiger partial charge in [-0.3, -0.25) is 0 Å². The van der Waals surface area contributed by atoms with Gasteiger partial charge >= 0.3 is 6.09 Å². The van der Waals surface area contributed by atoms with Crippen LogP contribution in [0.25, 0.3) is 0 Å². The van der Waals surface area contributed by atoms with Crippen molar-refractivity contribution in [2.75, 3.05) is 6.54 Å². The average molecular weight is 154 g/mol. The minimum absolute atomic E-state index is 0.165. The Morgan fingerprint density at radius 2 is 2.55 bits per heavy atom. The van der Waals surface area contributed by atoms with Gasteiger partial charge in [0.15, 0.2) is 0 Å². The second-order valence-corrected chi connectivity index (χ2v) is 2.04. The Labute approximate surface area is 65.1 Å². The summed E-state index contributed by atoms with van der Waals surface area (Å²) >= 11 is 0. The van der Waals surface area contributed by atoms with E-state index in [0.717, 1.165) is 0 Å². The molecule has 11 heavy (non-hydrogen) atoms. The standard InChI is InChI=1S/C7H10N2O2/c1-2-3-6(4-8)5-9-7(10)11/h2,6,9H,1,3,5H2,(H,10,11). The smallest absolute Gasteiger partial charge is 0.404 e. The van der Waals surface area contributed by atoms with Crippen LogP contribution in [-0.4, -0.2) is 17.7 Å². The summed E-state index contributed by atoms with van der Waals surface area (Å²) in [5.74, 6) is -0.302. The van der Waals surface area contributed by atoms with Gasteiger partial charge in [-0.2, -0.15) is 5.26 Å². The molecule has 0 aliphatic heterocycles. The highest BCUT2D eigenvalue weighted by Crippen LogP contribution is 1.99. The minimum atomic E-state index is -1.10. The fraction of sp³-hybridized carbons (Fsp3) is 0.429. The molecule has 0 aliphatic carbocycles. The summed E-state index contributed by atoms with van der Waals surface area (Å²) in [7, 11) is 0. The Kier molecular flexibility index (Phi) is 4.58. The molecule has 1 unspecified atom stereocenters. The van der Waals surface area contributed by atoms with Gasteiger partial charge in [-0.05, 0) is 6.42 Å². The number of hydrogen-bond donors (Lipinski definition) is 2. The molecule has 0 aromatic carbocycles. The number of hydrogen-bond acceptors (Lipinski definition) is 2. The van der Waals surface area contributed by atoms with Crippen LogP contribution in [-0.2, 0) is 0 Å². The van der Waals surface area contributed by atoms with Crippen LogP contribution in [0.15, 0.2) is 12.7 Å². The predicted octanol–water partition coefficient (Wildman–Crippen LogP) is 0.970. The first-order chi connectivity index (χ1) is 5.20. The van der Waals surface area contributed by atoms with Gasteiger partial charge in [-0.15, -0.1) is 6.58 Å². The van der Waals surface area contributed by atoms with Crippen LogP contribution < -0.4 is 5.32 Å². The number of nitriles is 1. The summed E-state index contributed by atoms with van der Waals surface area (Å²) in [6.45, 7) is 3.61. The molecular weight excluding hydrogens is 144 g/mol. The second-order valence-electron chi connectivity index (χ2n) is 2.04. The van der Waals surface area contributed by atoms with Gasteiger partial charge in [0.05, 0.1) is 12.0 Å². The fourth-order valence-electron chi connectivity index (χ4n) is 0.593. The van der Waals surface area contributed by atoms with Gasteiger partial charge in [0.2, 0.25) is 0 Å². The fourth-order valence-corrected chi connectivity index (χ4v) is 0.593. The first-order valence-electron chi connectivity index (χ1n) is 3.18. The molecule has 1 amide bonds. The van der Waals surface area contributed by atoms with Gasteiger partial charge in [0, 0.05) is 6.54 Å². The zero-order valence-electron chi connectivity index (χ0n) is 6.08. The Hall–Kier alpha value is -1.50. The van der Waals surface area contributed by atoms with Crippen molar-refractivity contribution < 1.29 is 9.90 Å². The molecule has 4 heteroatoms. The SMILES string of the molecule is C=CCC(C#N)CNC(=O)O.